The second kappa shape index (κ2) is 2.76. The molecule has 0 atom stereocenters. The number of benzene rings is 1. The van der Waals surface area contributed by atoms with Crippen LogP contribution in [0, 0.1) is 0 Å². The standard InChI is InChI=1S/C12H7N3O2/c16-11-10-13-5-6-15(10)12-9(14-11)7-3-1-2-4-8(7)17-12/h1-6H,(H,14,16). The van der Waals surface area contributed by atoms with E-state index in [-0.39, 0.29) is 5.56 Å². The maximum Gasteiger partial charge on any atom is 0.292 e. The highest BCUT2D eigenvalue weighted by Gasteiger charge is 2.12. The fraction of sp³-hybridized carbons (Fsp3) is 0. The lowest BCUT2D eigenvalue weighted by Gasteiger charge is -1.93. The quantitative estimate of drug-likeness (QED) is 0.497. The fourth-order valence-corrected chi connectivity index (χ4v) is 2.13. The monoisotopic (exact) mass is 225 g/mol. The molecule has 4 rings (SSSR count). The van der Waals surface area contributed by atoms with E-state index < -0.39 is 0 Å². The second-order valence-corrected chi connectivity index (χ2v) is 3.85. The lowest BCUT2D eigenvalue weighted by molar-refractivity contribution is 0.646. The van der Waals surface area contributed by atoms with Crippen molar-refractivity contribution in [3.63, 3.8) is 0 Å². The van der Waals surface area contributed by atoms with Crippen molar-refractivity contribution < 1.29 is 4.42 Å². The van der Waals surface area contributed by atoms with Crippen LogP contribution in [0.5, 0.6) is 0 Å². The van der Waals surface area contributed by atoms with Crippen LogP contribution < -0.4 is 5.56 Å². The molecule has 3 heterocycles. The summed E-state index contributed by atoms with van der Waals surface area (Å²) in [6.07, 6.45) is 3.30. The molecule has 4 aromatic rings. The van der Waals surface area contributed by atoms with Crippen LogP contribution in [0.25, 0.3) is 27.8 Å². The summed E-state index contributed by atoms with van der Waals surface area (Å²) < 4.78 is 7.39. The van der Waals surface area contributed by atoms with Gasteiger partial charge in [-0.2, -0.15) is 0 Å². The van der Waals surface area contributed by atoms with Gasteiger partial charge in [-0.1, -0.05) is 12.1 Å². The summed E-state index contributed by atoms with van der Waals surface area (Å²) in [7, 11) is 0. The van der Waals surface area contributed by atoms with Gasteiger partial charge in [0.15, 0.2) is 0 Å². The van der Waals surface area contributed by atoms with Crippen molar-refractivity contribution in [2.75, 3.05) is 0 Å². The van der Waals surface area contributed by atoms with Crippen molar-refractivity contribution in [1.29, 1.82) is 0 Å². The van der Waals surface area contributed by atoms with Crippen molar-refractivity contribution in [2.24, 2.45) is 0 Å². The summed E-state index contributed by atoms with van der Waals surface area (Å²) in [5.41, 5.74) is 2.19. The molecule has 3 aromatic heterocycles. The molecule has 0 amide bonds. The third kappa shape index (κ3) is 0.977. The number of H-pyrrole nitrogens is 1. The van der Waals surface area contributed by atoms with Crippen molar-refractivity contribution >= 4 is 27.8 Å². The van der Waals surface area contributed by atoms with Crippen LogP contribution in [0.2, 0.25) is 0 Å². The molecule has 17 heavy (non-hydrogen) atoms. The van der Waals surface area contributed by atoms with E-state index in [1.165, 1.54) is 0 Å². The fourth-order valence-electron chi connectivity index (χ4n) is 2.13. The Balaban J connectivity index is 2.43. The smallest absolute Gasteiger partial charge is 0.292 e. The third-order valence-electron chi connectivity index (χ3n) is 2.88. The number of aromatic amines is 1. The highest BCUT2D eigenvalue weighted by molar-refractivity contribution is 6.01. The highest BCUT2D eigenvalue weighted by Crippen LogP contribution is 2.25. The number of nitrogens with one attached hydrogen (secondary N) is 1. The largest absolute Gasteiger partial charge is 0.437 e. The van der Waals surface area contributed by atoms with Gasteiger partial charge in [0.05, 0.1) is 0 Å². The van der Waals surface area contributed by atoms with E-state index >= 15 is 0 Å². The van der Waals surface area contributed by atoms with E-state index in [9.17, 15) is 4.79 Å². The normalized spacial score (nSPS) is 11.8. The molecule has 0 unspecified atom stereocenters. The zero-order chi connectivity index (χ0) is 11.4. The van der Waals surface area contributed by atoms with Crippen LogP contribution >= 0.6 is 0 Å². The Labute approximate surface area is 94.3 Å². The number of rotatable bonds is 0. The number of imidazole rings is 1. The molecule has 0 aliphatic carbocycles. The van der Waals surface area contributed by atoms with Crippen LogP contribution in [0.15, 0.2) is 45.9 Å². The molecule has 0 saturated carbocycles. The topological polar surface area (TPSA) is 63.3 Å². The summed E-state index contributed by atoms with van der Waals surface area (Å²) in [5, 5.41) is 0.898. The van der Waals surface area contributed by atoms with Gasteiger partial charge in [0.1, 0.15) is 11.1 Å². The maximum atomic E-state index is 11.8. The number of fused-ring (bicyclic) bond motifs is 5. The summed E-state index contributed by atoms with van der Waals surface area (Å²) in [6, 6.07) is 7.60. The molecule has 0 aliphatic rings. The third-order valence-corrected chi connectivity index (χ3v) is 2.88. The molecule has 1 aromatic carbocycles. The van der Waals surface area contributed by atoms with Gasteiger partial charge in [-0.15, -0.1) is 0 Å². The Bertz CT molecular complexity index is 914. The molecule has 5 nitrogen and oxygen atoms in total. The Morgan fingerprint density at radius 1 is 1.29 bits per heavy atom. The van der Waals surface area contributed by atoms with Crippen molar-refractivity contribution in [3.8, 4) is 0 Å². The predicted molar refractivity (Wildman–Crippen MR) is 63.1 cm³/mol. The average molecular weight is 225 g/mol. The number of hydrogen-bond donors (Lipinski definition) is 1. The first-order valence-electron chi connectivity index (χ1n) is 5.21. The van der Waals surface area contributed by atoms with Crippen LogP contribution in [-0.4, -0.2) is 14.4 Å². The van der Waals surface area contributed by atoms with Gasteiger partial charge in [0.2, 0.25) is 11.4 Å². The van der Waals surface area contributed by atoms with Crippen LogP contribution in [0.4, 0.5) is 0 Å². The predicted octanol–water partition coefficient (Wildman–Crippen LogP) is 1.92. The Hall–Kier alpha value is -2.56. The molecule has 0 radical (unpaired) electrons. The van der Waals surface area contributed by atoms with Gasteiger partial charge in [-0.25, -0.2) is 4.98 Å². The number of hydrogen-bond acceptors (Lipinski definition) is 3. The van der Waals surface area contributed by atoms with Gasteiger partial charge in [0.25, 0.3) is 5.56 Å². The molecular weight excluding hydrogens is 218 g/mol. The highest BCUT2D eigenvalue weighted by atomic mass is 16.3. The van der Waals surface area contributed by atoms with Crippen LogP contribution in [-0.2, 0) is 0 Å². The second-order valence-electron chi connectivity index (χ2n) is 3.85. The van der Waals surface area contributed by atoms with Gasteiger partial charge in [0, 0.05) is 17.8 Å². The molecule has 1 N–H and O–H groups in total. The first-order chi connectivity index (χ1) is 8.34. The van der Waals surface area contributed by atoms with Gasteiger partial charge < -0.3 is 9.40 Å². The van der Waals surface area contributed by atoms with Crippen molar-refractivity contribution in [2.45, 2.75) is 0 Å². The van der Waals surface area contributed by atoms with E-state index in [0.29, 0.717) is 16.9 Å². The number of aromatic nitrogens is 3. The Kier molecular flexibility index (Phi) is 1.39. The van der Waals surface area contributed by atoms with Crippen molar-refractivity contribution in [1.82, 2.24) is 14.4 Å². The lowest BCUT2D eigenvalue weighted by Crippen LogP contribution is -2.09. The molecular formula is C12H7N3O2. The Morgan fingerprint density at radius 2 is 2.18 bits per heavy atom. The van der Waals surface area contributed by atoms with E-state index in [2.05, 4.69) is 9.97 Å². The SMILES string of the molecule is O=c1[nH]c2c3ccccc3oc2n2ccnc12. The zero-order valence-electron chi connectivity index (χ0n) is 8.68. The summed E-state index contributed by atoms with van der Waals surface area (Å²) >= 11 is 0. The number of furan rings is 1. The number of para-hydroxylation sites is 1. The van der Waals surface area contributed by atoms with Crippen LogP contribution in [0.3, 0.4) is 0 Å². The Morgan fingerprint density at radius 3 is 3.12 bits per heavy atom. The minimum absolute atomic E-state index is 0.214. The summed E-state index contributed by atoms with van der Waals surface area (Å²) in [6.45, 7) is 0. The molecule has 0 saturated heterocycles. The minimum Gasteiger partial charge on any atom is -0.437 e. The maximum absolute atomic E-state index is 11.8. The molecule has 5 heteroatoms. The summed E-state index contributed by atoms with van der Waals surface area (Å²) in [5.74, 6) is 0. The molecule has 0 aliphatic heterocycles. The summed E-state index contributed by atoms with van der Waals surface area (Å²) in [4.78, 5) is 18.6. The lowest BCUT2D eigenvalue weighted by atomic mass is 10.2. The van der Waals surface area contributed by atoms with E-state index in [1.54, 1.807) is 16.8 Å². The van der Waals surface area contributed by atoms with Crippen molar-refractivity contribution in [3.05, 3.63) is 47.0 Å². The van der Waals surface area contributed by atoms with Gasteiger partial charge >= 0.3 is 0 Å². The minimum atomic E-state index is -0.214. The first kappa shape index (κ1) is 8.58. The average Bonchev–Trinajstić information content (AvgIpc) is 2.93. The van der Waals surface area contributed by atoms with Crippen LogP contribution in [0.1, 0.15) is 0 Å². The molecule has 0 spiro atoms. The first-order valence-corrected chi connectivity index (χ1v) is 5.21. The van der Waals surface area contributed by atoms with E-state index in [4.69, 9.17) is 4.42 Å². The molecule has 0 bridgehead atoms. The molecule has 82 valence electrons. The molecule has 0 fully saturated rings. The van der Waals surface area contributed by atoms with E-state index in [0.717, 1.165) is 11.0 Å². The zero-order valence-corrected chi connectivity index (χ0v) is 8.68. The van der Waals surface area contributed by atoms with Gasteiger partial charge in [-0.05, 0) is 12.1 Å². The number of nitrogens with zero attached hydrogens (tertiary/aromatic N) is 2. The van der Waals surface area contributed by atoms with Gasteiger partial charge in [-0.3, -0.25) is 9.20 Å². The van der Waals surface area contributed by atoms with E-state index in [1.807, 2.05) is 24.3 Å².